The van der Waals surface area contributed by atoms with Gasteiger partial charge in [-0.15, -0.1) is 0 Å². The van der Waals surface area contributed by atoms with E-state index >= 15 is 0 Å². The first-order chi connectivity index (χ1) is 11.4. The second-order valence-electron chi connectivity index (χ2n) is 7.76. The first kappa shape index (κ1) is 16.2. The zero-order valence-electron chi connectivity index (χ0n) is 13.3. The molecule has 0 aliphatic heterocycles. The van der Waals surface area contributed by atoms with Gasteiger partial charge < -0.3 is 0 Å². The SMILES string of the molecule is O=C(Cl)c1ccc(C#CC23CC4CC(CC(C4)C2)C3)c(C(=O)Cl)c1. The Kier molecular flexibility index (Phi) is 3.98. The first-order valence-corrected chi connectivity index (χ1v) is 9.27. The standard InChI is InChI=1S/C20H18Cl2O2/c21-18(23)16-2-1-15(17(8-16)19(22)24)3-4-20-9-12-5-13(10-20)7-14(6-12)11-20/h1-2,8,12-14H,5-7,9-11H2. The van der Waals surface area contributed by atoms with E-state index in [9.17, 15) is 9.59 Å². The fourth-order valence-electron chi connectivity index (χ4n) is 5.40. The summed E-state index contributed by atoms with van der Waals surface area (Å²) < 4.78 is 0. The molecule has 0 heterocycles. The Hall–Kier alpha value is -1.30. The van der Waals surface area contributed by atoms with Gasteiger partial charge in [-0.25, -0.2) is 0 Å². The van der Waals surface area contributed by atoms with Crippen molar-refractivity contribution in [3.8, 4) is 11.8 Å². The summed E-state index contributed by atoms with van der Waals surface area (Å²) in [5.41, 5.74) is 1.23. The topological polar surface area (TPSA) is 34.1 Å². The molecule has 1 aromatic carbocycles. The highest BCUT2D eigenvalue weighted by Gasteiger charge is 2.50. The molecule has 0 saturated heterocycles. The Morgan fingerprint density at radius 1 is 0.958 bits per heavy atom. The van der Waals surface area contributed by atoms with Crippen LogP contribution in [0.5, 0.6) is 0 Å². The predicted molar refractivity (Wildman–Crippen MR) is 94.3 cm³/mol. The largest absolute Gasteiger partial charge is 0.276 e. The molecule has 0 atom stereocenters. The van der Waals surface area contributed by atoms with Crippen molar-refractivity contribution in [3.63, 3.8) is 0 Å². The van der Waals surface area contributed by atoms with Crippen LogP contribution >= 0.6 is 23.2 Å². The lowest BCUT2D eigenvalue weighted by atomic mass is 9.50. The molecule has 124 valence electrons. The molecule has 5 rings (SSSR count). The normalized spacial score (nSPS) is 33.0. The number of benzene rings is 1. The average Bonchev–Trinajstić information content (AvgIpc) is 2.51. The van der Waals surface area contributed by atoms with Crippen molar-refractivity contribution in [2.75, 3.05) is 0 Å². The Morgan fingerprint density at radius 3 is 2.04 bits per heavy atom. The van der Waals surface area contributed by atoms with Crippen LogP contribution in [0.15, 0.2) is 18.2 Å². The minimum absolute atomic E-state index is 0.113. The quantitative estimate of drug-likeness (QED) is 0.548. The Bertz CT molecular complexity index is 749. The van der Waals surface area contributed by atoms with Crippen LogP contribution in [0.25, 0.3) is 0 Å². The van der Waals surface area contributed by atoms with Crippen LogP contribution in [0.2, 0.25) is 0 Å². The van der Waals surface area contributed by atoms with E-state index in [-0.39, 0.29) is 16.5 Å². The van der Waals surface area contributed by atoms with E-state index in [4.69, 9.17) is 23.2 Å². The van der Waals surface area contributed by atoms with Gasteiger partial charge in [0.15, 0.2) is 0 Å². The molecular weight excluding hydrogens is 343 g/mol. The monoisotopic (exact) mass is 360 g/mol. The number of hydrogen-bond acceptors (Lipinski definition) is 2. The molecule has 4 heteroatoms. The van der Waals surface area contributed by atoms with Crippen LogP contribution < -0.4 is 0 Å². The summed E-state index contributed by atoms with van der Waals surface area (Å²) in [6, 6.07) is 4.72. The van der Waals surface area contributed by atoms with Gasteiger partial charge in [-0.1, -0.05) is 11.8 Å². The lowest BCUT2D eigenvalue weighted by Gasteiger charge is -2.54. The zero-order valence-corrected chi connectivity index (χ0v) is 14.8. The summed E-state index contributed by atoms with van der Waals surface area (Å²) in [6.07, 6.45) is 7.69. The fraction of sp³-hybridized carbons (Fsp3) is 0.500. The van der Waals surface area contributed by atoms with E-state index in [0.717, 1.165) is 17.8 Å². The third kappa shape index (κ3) is 2.89. The molecule has 4 saturated carbocycles. The first-order valence-electron chi connectivity index (χ1n) is 8.51. The van der Waals surface area contributed by atoms with E-state index in [1.165, 1.54) is 44.6 Å². The maximum Gasteiger partial charge on any atom is 0.253 e. The summed E-state index contributed by atoms with van der Waals surface area (Å²) in [7, 11) is 0. The van der Waals surface area contributed by atoms with Crippen molar-refractivity contribution in [1.82, 2.24) is 0 Å². The third-order valence-electron chi connectivity index (χ3n) is 5.96. The molecule has 0 N–H and O–H groups in total. The van der Waals surface area contributed by atoms with E-state index in [1.54, 1.807) is 12.1 Å². The number of carbonyl (C=O) groups is 2. The van der Waals surface area contributed by atoms with Crippen molar-refractivity contribution < 1.29 is 9.59 Å². The second kappa shape index (κ2) is 5.90. The number of hydrogen-bond donors (Lipinski definition) is 0. The van der Waals surface area contributed by atoms with Crippen LogP contribution in [0.3, 0.4) is 0 Å². The minimum atomic E-state index is -0.607. The molecule has 0 unspecified atom stereocenters. The van der Waals surface area contributed by atoms with Crippen LogP contribution in [-0.2, 0) is 0 Å². The van der Waals surface area contributed by atoms with Gasteiger partial charge in [0.25, 0.3) is 10.5 Å². The molecule has 1 aromatic rings. The van der Waals surface area contributed by atoms with Crippen molar-refractivity contribution in [2.24, 2.45) is 23.2 Å². The highest BCUT2D eigenvalue weighted by atomic mass is 35.5. The molecule has 4 fully saturated rings. The van der Waals surface area contributed by atoms with Gasteiger partial charge in [-0.05, 0) is 97.7 Å². The Morgan fingerprint density at radius 2 is 1.54 bits per heavy atom. The predicted octanol–water partition coefficient (Wildman–Crippen LogP) is 5.01. The van der Waals surface area contributed by atoms with Gasteiger partial charge in [0.1, 0.15) is 0 Å². The van der Waals surface area contributed by atoms with Crippen molar-refractivity contribution in [2.45, 2.75) is 38.5 Å². The zero-order chi connectivity index (χ0) is 16.9. The highest BCUT2D eigenvalue weighted by molar-refractivity contribution is 6.69. The summed E-state index contributed by atoms with van der Waals surface area (Å²) in [4.78, 5) is 23.0. The maximum atomic E-state index is 11.7. The third-order valence-corrected chi connectivity index (χ3v) is 6.38. The van der Waals surface area contributed by atoms with E-state index in [2.05, 4.69) is 11.8 Å². The van der Waals surface area contributed by atoms with E-state index in [0.29, 0.717) is 5.56 Å². The number of halogens is 2. The van der Waals surface area contributed by atoms with Gasteiger partial charge in [-0.2, -0.15) is 0 Å². The van der Waals surface area contributed by atoms with Crippen LogP contribution in [0, 0.1) is 35.0 Å². The molecule has 2 nitrogen and oxygen atoms in total. The summed E-state index contributed by atoms with van der Waals surface area (Å²) in [5, 5.41) is -1.21. The smallest absolute Gasteiger partial charge is 0.253 e. The van der Waals surface area contributed by atoms with Gasteiger partial charge in [0.05, 0.1) is 5.56 Å². The van der Waals surface area contributed by atoms with E-state index < -0.39 is 10.5 Å². The van der Waals surface area contributed by atoms with Crippen molar-refractivity contribution in [3.05, 3.63) is 34.9 Å². The molecule has 0 radical (unpaired) electrons. The molecule has 4 aliphatic rings. The average molecular weight is 361 g/mol. The van der Waals surface area contributed by atoms with Gasteiger partial charge >= 0.3 is 0 Å². The molecular formula is C20H18Cl2O2. The summed E-state index contributed by atoms with van der Waals surface area (Å²) in [5.74, 6) is 9.21. The summed E-state index contributed by atoms with van der Waals surface area (Å²) in [6.45, 7) is 0. The maximum absolute atomic E-state index is 11.7. The van der Waals surface area contributed by atoms with Crippen molar-refractivity contribution in [1.29, 1.82) is 0 Å². The molecule has 24 heavy (non-hydrogen) atoms. The Labute approximate surface area is 151 Å². The molecule has 4 aliphatic carbocycles. The van der Waals surface area contributed by atoms with Gasteiger partial charge in [0, 0.05) is 16.5 Å². The van der Waals surface area contributed by atoms with Gasteiger partial charge in [0.2, 0.25) is 0 Å². The minimum Gasteiger partial charge on any atom is -0.276 e. The molecule has 0 amide bonds. The Balaban J connectivity index is 1.68. The molecule has 0 spiro atoms. The van der Waals surface area contributed by atoms with Crippen LogP contribution in [0.4, 0.5) is 0 Å². The highest BCUT2D eigenvalue weighted by Crippen LogP contribution is 2.59. The summed E-state index contributed by atoms with van der Waals surface area (Å²) >= 11 is 11.2. The van der Waals surface area contributed by atoms with Crippen LogP contribution in [-0.4, -0.2) is 10.5 Å². The number of rotatable bonds is 2. The van der Waals surface area contributed by atoms with Crippen LogP contribution in [0.1, 0.15) is 64.8 Å². The van der Waals surface area contributed by atoms with Crippen molar-refractivity contribution >= 4 is 33.7 Å². The lowest BCUT2D eigenvalue weighted by molar-refractivity contribution is -0.0181. The second-order valence-corrected chi connectivity index (χ2v) is 8.44. The fourth-order valence-corrected chi connectivity index (χ4v) is 5.68. The lowest BCUT2D eigenvalue weighted by Crippen LogP contribution is -2.45. The number of carbonyl (C=O) groups excluding carboxylic acids is 2. The molecule has 4 bridgehead atoms. The van der Waals surface area contributed by atoms with Gasteiger partial charge in [-0.3, -0.25) is 9.59 Å². The van der Waals surface area contributed by atoms with E-state index in [1.807, 2.05) is 0 Å². The molecule has 0 aromatic heterocycles.